The molecule has 0 atom stereocenters. The minimum atomic E-state index is -0.496. The van der Waals surface area contributed by atoms with Gasteiger partial charge in [0.15, 0.2) is 0 Å². The predicted molar refractivity (Wildman–Crippen MR) is 144 cm³/mol. The first-order valence-electron chi connectivity index (χ1n) is 12.4. The predicted octanol–water partition coefficient (Wildman–Crippen LogP) is 4.54. The summed E-state index contributed by atoms with van der Waals surface area (Å²) in [5.41, 5.74) is 2.72. The molecule has 2 saturated heterocycles. The van der Waals surface area contributed by atoms with Crippen LogP contribution in [0.25, 0.3) is 10.9 Å². The zero-order chi connectivity index (χ0) is 26.0. The number of hydrogen-bond donors (Lipinski definition) is 2. The number of benzene rings is 2. The molecule has 2 aliphatic heterocycles. The van der Waals surface area contributed by atoms with Gasteiger partial charge in [-0.3, -0.25) is 9.69 Å². The summed E-state index contributed by atoms with van der Waals surface area (Å²) in [6.07, 6.45) is 4.38. The summed E-state index contributed by atoms with van der Waals surface area (Å²) in [7, 11) is 2.14. The summed E-state index contributed by atoms with van der Waals surface area (Å²) in [5.74, 6) is -0.267. The number of fused-ring (bicyclic) bond motifs is 1. The van der Waals surface area contributed by atoms with Crippen LogP contribution in [0.4, 0.5) is 21.6 Å². The van der Waals surface area contributed by atoms with Gasteiger partial charge in [-0.05, 0) is 61.9 Å². The number of nitrogens with zero attached hydrogens (tertiary/aromatic N) is 4. The quantitative estimate of drug-likeness (QED) is 0.458. The monoisotopic (exact) mass is 524 g/mol. The van der Waals surface area contributed by atoms with E-state index < -0.39 is 5.82 Å². The number of ether oxygens (including phenoxy) is 1. The second kappa shape index (κ2) is 10.7. The fraction of sp³-hybridized carbons (Fsp3) is 0.370. The van der Waals surface area contributed by atoms with Gasteiger partial charge in [-0.1, -0.05) is 18.2 Å². The van der Waals surface area contributed by atoms with Crippen LogP contribution in [0.15, 0.2) is 49.3 Å². The molecule has 0 spiro atoms. The number of rotatable bonds is 6. The Kier molecular flexibility index (Phi) is 7.39. The molecular formula is C27H30ClFN6O2. The third kappa shape index (κ3) is 5.17. The van der Waals surface area contributed by atoms with E-state index in [0.29, 0.717) is 35.8 Å². The van der Waals surface area contributed by atoms with Gasteiger partial charge < -0.3 is 20.3 Å². The molecule has 0 radical (unpaired) electrons. The Bertz CT molecular complexity index is 1320. The van der Waals surface area contributed by atoms with E-state index in [1.165, 1.54) is 24.5 Å². The average molecular weight is 525 g/mol. The van der Waals surface area contributed by atoms with E-state index in [9.17, 15) is 9.18 Å². The highest BCUT2D eigenvalue weighted by atomic mass is 35.5. The summed E-state index contributed by atoms with van der Waals surface area (Å²) < 4.78 is 19.5. The summed E-state index contributed by atoms with van der Waals surface area (Å²) >= 11 is 5.98. The molecule has 10 heteroatoms. The third-order valence-corrected chi connectivity index (χ3v) is 7.62. The first-order chi connectivity index (χ1) is 17.9. The number of likely N-dealkylation sites (N-methyl/N-ethyl adjacent to an activating group) is 1. The lowest BCUT2D eigenvalue weighted by Gasteiger charge is -2.50. The van der Waals surface area contributed by atoms with Gasteiger partial charge in [-0.25, -0.2) is 14.4 Å². The van der Waals surface area contributed by atoms with Crippen molar-refractivity contribution in [3.05, 3.63) is 65.7 Å². The standard InChI is InChI=1S/C27H30ClFN6O2/c1-3-25(36)33-24-15-19-23(30-17-31-26(19)32-18-4-5-22(29)21(28)14-18)16-20(24)27(6-12-37-13-7-27)35-10-8-34(2)9-11-35/h3-5,14-17H,1,6-13H2,2H3,(H,33,36)(H,30,31,32). The van der Waals surface area contributed by atoms with Gasteiger partial charge in [-0.2, -0.15) is 0 Å². The molecule has 0 saturated carbocycles. The topological polar surface area (TPSA) is 82.6 Å². The number of anilines is 3. The third-order valence-electron chi connectivity index (χ3n) is 7.33. The highest BCUT2D eigenvalue weighted by Gasteiger charge is 2.43. The fourth-order valence-corrected chi connectivity index (χ4v) is 5.47. The number of carbonyl (C=O) groups is 1. The van der Waals surface area contributed by atoms with E-state index in [1.54, 1.807) is 6.07 Å². The molecule has 2 N–H and O–H groups in total. The molecule has 2 aromatic carbocycles. The summed E-state index contributed by atoms with van der Waals surface area (Å²) in [4.78, 5) is 26.4. The average Bonchev–Trinajstić information content (AvgIpc) is 2.91. The smallest absolute Gasteiger partial charge is 0.247 e. The maximum atomic E-state index is 13.7. The molecule has 3 aromatic rings. The van der Waals surface area contributed by atoms with Crippen molar-refractivity contribution in [2.24, 2.45) is 0 Å². The van der Waals surface area contributed by atoms with Crippen LogP contribution in [0.2, 0.25) is 5.02 Å². The van der Waals surface area contributed by atoms with Crippen LogP contribution in [0, 0.1) is 5.82 Å². The van der Waals surface area contributed by atoms with Crippen LogP contribution in [0.1, 0.15) is 18.4 Å². The van der Waals surface area contributed by atoms with Gasteiger partial charge in [0.25, 0.3) is 0 Å². The van der Waals surface area contributed by atoms with Gasteiger partial charge in [-0.15, -0.1) is 0 Å². The number of amides is 1. The molecule has 1 aromatic heterocycles. The molecule has 2 aliphatic rings. The molecule has 2 fully saturated rings. The van der Waals surface area contributed by atoms with Gasteiger partial charge in [0.1, 0.15) is 18.0 Å². The molecule has 8 nitrogen and oxygen atoms in total. The van der Waals surface area contributed by atoms with Crippen molar-refractivity contribution < 1.29 is 13.9 Å². The van der Waals surface area contributed by atoms with E-state index >= 15 is 0 Å². The van der Waals surface area contributed by atoms with Gasteiger partial charge >= 0.3 is 0 Å². The maximum absolute atomic E-state index is 13.7. The molecule has 5 rings (SSSR count). The largest absolute Gasteiger partial charge is 0.381 e. The lowest BCUT2D eigenvalue weighted by Crippen LogP contribution is -2.56. The first-order valence-corrected chi connectivity index (χ1v) is 12.7. The Morgan fingerprint density at radius 2 is 1.92 bits per heavy atom. The van der Waals surface area contributed by atoms with Crippen LogP contribution >= 0.6 is 11.6 Å². The Morgan fingerprint density at radius 1 is 1.16 bits per heavy atom. The number of nitrogens with one attached hydrogen (secondary N) is 2. The number of hydrogen-bond acceptors (Lipinski definition) is 7. The van der Waals surface area contributed by atoms with Crippen molar-refractivity contribution in [2.45, 2.75) is 18.4 Å². The van der Waals surface area contributed by atoms with Crippen molar-refractivity contribution >= 4 is 45.6 Å². The lowest BCUT2D eigenvalue weighted by atomic mass is 9.79. The highest BCUT2D eigenvalue weighted by Crippen LogP contribution is 2.44. The highest BCUT2D eigenvalue weighted by molar-refractivity contribution is 6.31. The van der Waals surface area contributed by atoms with E-state index in [4.69, 9.17) is 16.3 Å². The molecule has 1 amide bonds. The van der Waals surface area contributed by atoms with Gasteiger partial charge in [0, 0.05) is 56.2 Å². The Balaban J connectivity index is 1.63. The van der Waals surface area contributed by atoms with Crippen molar-refractivity contribution in [3.63, 3.8) is 0 Å². The van der Waals surface area contributed by atoms with Crippen molar-refractivity contribution in [1.29, 1.82) is 0 Å². The second-order valence-corrected chi connectivity index (χ2v) is 9.93. The van der Waals surface area contributed by atoms with Gasteiger partial charge in [0.05, 0.1) is 16.1 Å². The second-order valence-electron chi connectivity index (χ2n) is 9.52. The molecule has 194 valence electrons. The molecule has 0 unspecified atom stereocenters. The Hall–Kier alpha value is -3.11. The molecule has 0 bridgehead atoms. The van der Waals surface area contributed by atoms with Crippen molar-refractivity contribution in [3.8, 4) is 0 Å². The van der Waals surface area contributed by atoms with Gasteiger partial charge in [0.2, 0.25) is 5.91 Å². The summed E-state index contributed by atoms with van der Waals surface area (Å²) in [6, 6.07) is 8.36. The molecule has 0 aliphatic carbocycles. The molecule has 3 heterocycles. The van der Waals surface area contributed by atoms with E-state index in [0.717, 1.165) is 50.1 Å². The van der Waals surface area contributed by atoms with Crippen LogP contribution < -0.4 is 10.6 Å². The number of halogens is 2. The lowest BCUT2D eigenvalue weighted by molar-refractivity contribution is -0.111. The summed E-state index contributed by atoms with van der Waals surface area (Å²) in [6.45, 7) is 8.71. The Labute approximate surface area is 220 Å². The van der Waals surface area contributed by atoms with E-state index in [-0.39, 0.29) is 16.5 Å². The number of aromatic nitrogens is 2. The van der Waals surface area contributed by atoms with Crippen LogP contribution in [0.3, 0.4) is 0 Å². The number of piperazine rings is 1. The van der Waals surface area contributed by atoms with Crippen molar-refractivity contribution in [2.75, 3.05) is 57.1 Å². The van der Waals surface area contributed by atoms with E-state index in [2.05, 4.69) is 50.1 Å². The molecule has 37 heavy (non-hydrogen) atoms. The first kappa shape index (κ1) is 25.5. The fourth-order valence-electron chi connectivity index (χ4n) is 5.28. The SMILES string of the molecule is C=CC(=O)Nc1cc2c(Nc3ccc(F)c(Cl)c3)ncnc2cc1C1(N2CCN(C)CC2)CCOCC1. The van der Waals surface area contributed by atoms with Crippen molar-refractivity contribution in [1.82, 2.24) is 19.8 Å². The minimum absolute atomic E-state index is 0.0122. The van der Waals surface area contributed by atoms with Crippen LogP contribution in [-0.4, -0.2) is 72.1 Å². The molecular weight excluding hydrogens is 495 g/mol. The maximum Gasteiger partial charge on any atom is 0.247 e. The zero-order valence-corrected chi connectivity index (χ0v) is 21.5. The Morgan fingerprint density at radius 3 is 2.62 bits per heavy atom. The van der Waals surface area contributed by atoms with E-state index in [1.807, 2.05) is 6.07 Å². The van der Waals surface area contributed by atoms with Crippen LogP contribution in [0.5, 0.6) is 0 Å². The number of carbonyl (C=O) groups excluding carboxylic acids is 1. The zero-order valence-electron chi connectivity index (χ0n) is 20.8. The minimum Gasteiger partial charge on any atom is -0.381 e. The summed E-state index contributed by atoms with van der Waals surface area (Å²) in [5, 5.41) is 6.98. The van der Waals surface area contributed by atoms with Crippen LogP contribution in [-0.2, 0) is 15.1 Å². The normalized spacial score (nSPS) is 18.5.